The SMILES string of the molecule is CC(C)N1CCC(NC2CCCS(=O)(=O)C2)CC1. The summed E-state index contributed by atoms with van der Waals surface area (Å²) in [7, 11) is -2.78. The zero-order valence-electron chi connectivity index (χ0n) is 11.6. The maximum atomic E-state index is 11.6. The molecular formula is C13H26N2O2S. The van der Waals surface area contributed by atoms with Crippen molar-refractivity contribution in [3.63, 3.8) is 0 Å². The van der Waals surface area contributed by atoms with Crippen molar-refractivity contribution in [3.05, 3.63) is 0 Å². The average Bonchev–Trinajstić information content (AvgIpc) is 2.28. The number of likely N-dealkylation sites (tertiary alicyclic amines) is 1. The predicted molar refractivity (Wildman–Crippen MR) is 74.5 cm³/mol. The van der Waals surface area contributed by atoms with Gasteiger partial charge in [0.25, 0.3) is 0 Å². The molecule has 2 fully saturated rings. The van der Waals surface area contributed by atoms with Gasteiger partial charge in [-0.05, 0) is 52.6 Å². The molecule has 2 rings (SSSR count). The van der Waals surface area contributed by atoms with Gasteiger partial charge in [-0.2, -0.15) is 0 Å². The van der Waals surface area contributed by atoms with Crippen LogP contribution in [0.3, 0.4) is 0 Å². The van der Waals surface area contributed by atoms with Gasteiger partial charge in [0.1, 0.15) is 0 Å². The molecule has 2 aliphatic rings. The molecule has 5 heteroatoms. The van der Waals surface area contributed by atoms with Crippen LogP contribution in [0, 0.1) is 0 Å². The molecule has 2 heterocycles. The molecule has 1 unspecified atom stereocenters. The molecule has 0 aromatic heterocycles. The number of rotatable bonds is 3. The first kappa shape index (κ1) is 14.3. The lowest BCUT2D eigenvalue weighted by Crippen LogP contribution is -2.50. The van der Waals surface area contributed by atoms with Gasteiger partial charge in [0.15, 0.2) is 9.84 Å². The van der Waals surface area contributed by atoms with Gasteiger partial charge in [-0.25, -0.2) is 8.42 Å². The highest BCUT2D eigenvalue weighted by Gasteiger charge is 2.28. The number of sulfone groups is 1. The van der Waals surface area contributed by atoms with Crippen LogP contribution >= 0.6 is 0 Å². The molecule has 0 aromatic carbocycles. The minimum atomic E-state index is -2.78. The summed E-state index contributed by atoms with van der Waals surface area (Å²) in [5, 5.41) is 3.57. The van der Waals surface area contributed by atoms with E-state index in [9.17, 15) is 8.42 Å². The number of nitrogens with zero attached hydrogens (tertiary/aromatic N) is 1. The molecule has 2 saturated heterocycles. The second-order valence-electron chi connectivity index (χ2n) is 6.02. The van der Waals surface area contributed by atoms with E-state index >= 15 is 0 Å². The Morgan fingerprint density at radius 1 is 1.11 bits per heavy atom. The Morgan fingerprint density at radius 2 is 1.78 bits per heavy atom. The zero-order valence-corrected chi connectivity index (χ0v) is 12.4. The second kappa shape index (κ2) is 5.88. The lowest BCUT2D eigenvalue weighted by atomic mass is 10.0. The average molecular weight is 274 g/mol. The molecule has 0 saturated carbocycles. The van der Waals surface area contributed by atoms with E-state index in [-0.39, 0.29) is 6.04 Å². The van der Waals surface area contributed by atoms with Crippen molar-refractivity contribution in [1.29, 1.82) is 0 Å². The van der Waals surface area contributed by atoms with Crippen LogP contribution in [0.1, 0.15) is 39.5 Å². The Morgan fingerprint density at radius 3 is 2.33 bits per heavy atom. The highest BCUT2D eigenvalue weighted by atomic mass is 32.2. The predicted octanol–water partition coefficient (Wildman–Crippen LogP) is 1.03. The van der Waals surface area contributed by atoms with Gasteiger partial charge < -0.3 is 10.2 Å². The maximum Gasteiger partial charge on any atom is 0.151 e. The Balaban J connectivity index is 1.78. The van der Waals surface area contributed by atoms with Gasteiger partial charge in [0.05, 0.1) is 11.5 Å². The number of nitrogens with one attached hydrogen (secondary N) is 1. The lowest BCUT2D eigenvalue weighted by molar-refractivity contribution is 0.156. The lowest BCUT2D eigenvalue weighted by Gasteiger charge is -2.37. The summed E-state index contributed by atoms with van der Waals surface area (Å²) in [4.78, 5) is 2.50. The molecule has 106 valence electrons. The zero-order chi connectivity index (χ0) is 13.2. The van der Waals surface area contributed by atoms with E-state index in [1.165, 1.54) is 0 Å². The first-order valence-electron chi connectivity index (χ1n) is 7.17. The van der Waals surface area contributed by atoms with Gasteiger partial charge in [-0.1, -0.05) is 0 Å². The molecule has 0 aromatic rings. The summed E-state index contributed by atoms with van der Waals surface area (Å²) in [6.07, 6.45) is 4.14. The van der Waals surface area contributed by atoms with Crippen molar-refractivity contribution >= 4 is 9.84 Å². The minimum absolute atomic E-state index is 0.194. The quantitative estimate of drug-likeness (QED) is 0.835. The van der Waals surface area contributed by atoms with Crippen LogP contribution in [0.4, 0.5) is 0 Å². The molecule has 0 amide bonds. The molecule has 0 bridgehead atoms. The van der Waals surface area contributed by atoms with Crippen molar-refractivity contribution < 1.29 is 8.42 Å². The normalized spacial score (nSPS) is 30.7. The molecule has 18 heavy (non-hydrogen) atoms. The topological polar surface area (TPSA) is 49.4 Å². The summed E-state index contributed by atoms with van der Waals surface area (Å²) < 4.78 is 23.2. The molecule has 4 nitrogen and oxygen atoms in total. The highest BCUT2D eigenvalue weighted by Crippen LogP contribution is 2.17. The van der Waals surface area contributed by atoms with E-state index in [1.807, 2.05) is 0 Å². The van der Waals surface area contributed by atoms with Gasteiger partial charge in [0, 0.05) is 18.1 Å². The Bertz CT molecular complexity index is 359. The minimum Gasteiger partial charge on any atom is -0.310 e. The van der Waals surface area contributed by atoms with Crippen molar-refractivity contribution in [2.75, 3.05) is 24.6 Å². The van der Waals surface area contributed by atoms with E-state index in [0.717, 1.165) is 38.8 Å². The first-order valence-corrected chi connectivity index (χ1v) is 8.99. The van der Waals surface area contributed by atoms with E-state index in [0.29, 0.717) is 23.6 Å². The van der Waals surface area contributed by atoms with Crippen molar-refractivity contribution in [1.82, 2.24) is 10.2 Å². The van der Waals surface area contributed by atoms with E-state index in [2.05, 4.69) is 24.1 Å². The summed E-state index contributed by atoms with van der Waals surface area (Å²) in [5.41, 5.74) is 0. The second-order valence-corrected chi connectivity index (χ2v) is 8.25. The maximum absolute atomic E-state index is 11.6. The Labute approximate surface area is 111 Å². The summed E-state index contributed by atoms with van der Waals surface area (Å²) in [5.74, 6) is 0.731. The van der Waals surface area contributed by atoms with Crippen molar-refractivity contribution in [2.45, 2.75) is 57.7 Å². The van der Waals surface area contributed by atoms with Crippen LogP contribution in [-0.2, 0) is 9.84 Å². The van der Waals surface area contributed by atoms with Crippen molar-refractivity contribution in [2.24, 2.45) is 0 Å². The number of hydrogen-bond acceptors (Lipinski definition) is 4. The highest BCUT2D eigenvalue weighted by molar-refractivity contribution is 7.91. The third-order valence-electron chi connectivity index (χ3n) is 4.19. The van der Waals surface area contributed by atoms with Crippen LogP contribution in [-0.4, -0.2) is 56.0 Å². The summed E-state index contributed by atoms with van der Waals surface area (Å²) >= 11 is 0. The smallest absolute Gasteiger partial charge is 0.151 e. The summed E-state index contributed by atoms with van der Waals surface area (Å²) in [6.45, 7) is 6.74. The Hall–Kier alpha value is -0.130. The van der Waals surface area contributed by atoms with E-state index < -0.39 is 9.84 Å². The van der Waals surface area contributed by atoms with Gasteiger partial charge >= 0.3 is 0 Å². The van der Waals surface area contributed by atoms with Gasteiger partial charge in [0.2, 0.25) is 0 Å². The molecule has 1 atom stereocenters. The number of piperidine rings is 1. The fourth-order valence-corrected chi connectivity index (χ4v) is 4.72. The van der Waals surface area contributed by atoms with Gasteiger partial charge in [-0.15, -0.1) is 0 Å². The van der Waals surface area contributed by atoms with Crippen LogP contribution in [0.5, 0.6) is 0 Å². The molecule has 0 radical (unpaired) electrons. The standard InChI is InChI=1S/C13H26N2O2S/c1-11(2)15-7-5-12(6-8-15)14-13-4-3-9-18(16,17)10-13/h11-14H,3-10H2,1-2H3. The summed E-state index contributed by atoms with van der Waals surface area (Å²) in [6, 6.07) is 1.33. The monoisotopic (exact) mass is 274 g/mol. The van der Waals surface area contributed by atoms with E-state index in [4.69, 9.17) is 0 Å². The fraction of sp³-hybridized carbons (Fsp3) is 1.00. The van der Waals surface area contributed by atoms with Gasteiger partial charge in [-0.3, -0.25) is 0 Å². The molecule has 0 aliphatic carbocycles. The van der Waals surface area contributed by atoms with Crippen LogP contribution in [0.25, 0.3) is 0 Å². The number of hydrogen-bond donors (Lipinski definition) is 1. The molecule has 2 aliphatic heterocycles. The third kappa shape index (κ3) is 3.93. The van der Waals surface area contributed by atoms with E-state index in [1.54, 1.807) is 0 Å². The van der Waals surface area contributed by atoms with Crippen molar-refractivity contribution in [3.8, 4) is 0 Å². The molecular weight excluding hydrogens is 248 g/mol. The first-order chi connectivity index (χ1) is 8.46. The van der Waals surface area contributed by atoms with Crippen LogP contribution < -0.4 is 5.32 Å². The largest absolute Gasteiger partial charge is 0.310 e. The molecule has 1 N–H and O–H groups in total. The fourth-order valence-electron chi connectivity index (χ4n) is 3.07. The molecule has 0 spiro atoms. The Kier molecular flexibility index (Phi) is 4.67. The third-order valence-corrected chi connectivity index (χ3v) is 6.02. The van der Waals surface area contributed by atoms with Crippen LogP contribution in [0.2, 0.25) is 0 Å². The van der Waals surface area contributed by atoms with Crippen LogP contribution in [0.15, 0.2) is 0 Å².